The van der Waals surface area contributed by atoms with E-state index in [1.165, 1.54) is 25.3 Å². The van der Waals surface area contributed by atoms with Crippen molar-refractivity contribution in [3.05, 3.63) is 22.7 Å². The second-order valence-electron chi connectivity index (χ2n) is 2.97. The molecule has 0 radical (unpaired) electrons. The summed E-state index contributed by atoms with van der Waals surface area (Å²) in [6.45, 7) is -16.8. The van der Waals surface area contributed by atoms with Crippen LogP contribution in [0, 0.1) is 0 Å². The molecule has 0 saturated carbocycles. The van der Waals surface area contributed by atoms with E-state index in [9.17, 15) is 0 Å². The predicted molar refractivity (Wildman–Crippen MR) is 70.4 cm³/mol. The minimum absolute atomic E-state index is 0.186. The first kappa shape index (κ1) is 4.18. The molecule has 1 saturated heterocycles. The van der Waals surface area contributed by atoms with Crippen LogP contribution in [-0.2, 0) is 0 Å². The number of benzene rings is 1. The van der Waals surface area contributed by atoms with Gasteiger partial charge in [-0.25, -0.2) is 0 Å². The van der Waals surface area contributed by atoms with E-state index >= 15 is 0 Å². The molecule has 88 valence electrons. The maximum atomic E-state index is 8.23. The number of likely N-dealkylation sites (N-methyl/N-ethyl adjacent to an activating group) is 1. The Morgan fingerprint density at radius 3 is 2.69 bits per heavy atom. The van der Waals surface area contributed by atoms with Crippen LogP contribution in [0.1, 0.15) is 15.1 Å². The van der Waals surface area contributed by atoms with Gasteiger partial charge in [-0.15, -0.1) is 0 Å². The quantitative estimate of drug-likeness (QED) is 0.832. The van der Waals surface area contributed by atoms with E-state index in [0.717, 1.165) is 0 Å². The van der Waals surface area contributed by atoms with E-state index in [-0.39, 0.29) is 21.2 Å². The molecule has 0 atom stereocenters. The van der Waals surface area contributed by atoms with Crippen molar-refractivity contribution in [3.63, 3.8) is 0 Å². The lowest BCUT2D eigenvalue weighted by Crippen LogP contribution is -2.44. The summed E-state index contributed by atoms with van der Waals surface area (Å²) in [5, 5.41) is 0. The summed E-state index contributed by atoms with van der Waals surface area (Å²) in [7, 11) is 1.32. The smallest absolute Gasteiger partial charge is 0.122 e. The molecular weight excluding hydrogens is 268 g/mol. The van der Waals surface area contributed by atoms with Crippen molar-refractivity contribution in [3.8, 4) is 5.75 Å². The Morgan fingerprint density at radius 1 is 1.31 bits per heavy atom. The van der Waals surface area contributed by atoms with Crippen LogP contribution in [0.4, 0.5) is 5.69 Å². The Bertz CT molecular complexity index is 709. The molecule has 0 bridgehead atoms. The molecule has 1 aromatic carbocycles. The van der Waals surface area contributed by atoms with Gasteiger partial charge in [-0.2, -0.15) is 0 Å². The molecule has 1 fully saturated rings. The Balaban J connectivity index is 2.82. The fourth-order valence-corrected chi connectivity index (χ4v) is 1.64. The van der Waals surface area contributed by atoms with Crippen molar-refractivity contribution >= 4 is 21.6 Å². The normalized spacial score (nSPS) is 41.1. The van der Waals surface area contributed by atoms with Crippen molar-refractivity contribution in [2.45, 2.75) is 0 Å². The first-order valence-electron chi connectivity index (χ1n) is 9.88. The van der Waals surface area contributed by atoms with Gasteiger partial charge in [0.25, 0.3) is 0 Å². The fourth-order valence-electron chi connectivity index (χ4n) is 1.18. The molecule has 4 heteroatoms. The standard InChI is InChI=1S/C12H17BrN2O/c1-14-3-5-15(6-4-14)11-7-10(13)8-12(9-11)16-2/h7-9H,3-6H2,1-2H3/i1D3,3D2,4D2,5D2,6D2. The number of anilines is 1. The van der Waals surface area contributed by atoms with Gasteiger partial charge in [-0.3, -0.25) is 0 Å². The molecule has 1 aromatic rings. The molecule has 16 heavy (non-hydrogen) atoms. The zero-order valence-electron chi connectivity index (χ0n) is 19.4. The van der Waals surface area contributed by atoms with E-state index in [1.54, 1.807) is 0 Å². The number of hydrogen-bond acceptors (Lipinski definition) is 3. The van der Waals surface area contributed by atoms with Crippen LogP contribution < -0.4 is 9.64 Å². The molecule has 0 aromatic heterocycles. The van der Waals surface area contributed by atoms with E-state index in [1.807, 2.05) is 0 Å². The van der Waals surface area contributed by atoms with Crippen molar-refractivity contribution in [2.24, 2.45) is 0 Å². The van der Waals surface area contributed by atoms with Crippen molar-refractivity contribution in [1.82, 2.24) is 4.90 Å². The largest absolute Gasteiger partial charge is 0.497 e. The minimum atomic E-state index is -3.44. The lowest BCUT2D eigenvalue weighted by molar-refractivity contribution is 0.312. The average Bonchev–Trinajstić information content (AvgIpc) is 2.42. The second kappa shape index (κ2) is 5.06. The highest BCUT2D eigenvalue weighted by Crippen LogP contribution is 2.27. The van der Waals surface area contributed by atoms with Gasteiger partial charge in [0.2, 0.25) is 0 Å². The molecule has 0 aliphatic carbocycles. The maximum absolute atomic E-state index is 8.23. The van der Waals surface area contributed by atoms with Crippen LogP contribution >= 0.6 is 15.9 Å². The zero-order valence-corrected chi connectivity index (χ0v) is 10.00. The van der Waals surface area contributed by atoms with Gasteiger partial charge in [-0.1, -0.05) is 15.9 Å². The molecule has 1 aliphatic rings. The lowest BCUT2D eigenvalue weighted by atomic mass is 10.2. The third kappa shape index (κ3) is 2.68. The number of piperazine rings is 1. The number of methoxy groups -OCH3 is 1. The van der Waals surface area contributed by atoms with Crippen LogP contribution in [0.2, 0.25) is 0 Å². The van der Waals surface area contributed by atoms with Crippen molar-refractivity contribution in [1.29, 1.82) is 0 Å². The number of halogens is 1. The Labute approximate surface area is 121 Å². The van der Waals surface area contributed by atoms with Crippen LogP contribution in [0.5, 0.6) is 5.75 Å². The molecule has 1 aliphatic heterocycles. The molecular formula is C12H17BrN2O. The molecule has 2 rings (SSSR count). The summed E-state index contributed by atoms with van der Waals surface area (Å²) in [6.07, 6.45) is 0. The van der Waals surface area contributed by atoms with Gasteiger partial charge >= 0.3 is 0 Å². The fraction of sp³-hybridized carbons (Fsp3) is 0.500. The minimum Gasteiger partial charge on any atom is -0.497 e. The van der Waals surface area contributed by atoms with Gasteiger partial charge in [0.15, 0.2) is 0 Å². The molecule has 0 N–H and O–H groups in total. The van der Waals surface area contributed by atoms with Gasteiger partial charge in [-0.05, 0) is 19.1 Å². The summed E-state index contributed by atoms with van der Waals surface area (Å²) >= 11 is 3.16. The zero-order chi connectivity index (χ0) is 21.2. The van der Waals surface area contributed by atoms with E-state index < -0.39 is 33.0 Å². The van der Waals surface area contributed by atoms with E-state index in [0.29, 0.717) is 4.47 Å². The van der Waals surface area contributed by atoms with Gasteiger partial charge in [0.1, 0.15) is 5.75 Å². The summed E-state index contributed by atoms with van der Waals surface area (Å²) < 4.78 is 93.0. The molecule has 0 unspecified atom stereocenters. The summed E-state index contributed by atoms with van der Waals surface area (Å²) in [5.41, 5.74) is -0.228. The number of hydrogen-bond donors (Lipinski definition) is 0. The Hall–Kier alpha value is -0.740. The monoisotopic (exact) mass is 295 g/mol. The highest BCUT2D eigenvalue weighted by molar-refractivity contribution is 9.10. The second-order valence-corrected chi connectivity index (χ2v) is 3.88. The van der Waals surface area contributed by atoms with Gasteiger partial charge < -0.3 is 14.5 Å². The molecule has 0 amide bonds. The topological polar surface area (TPSA) is 15.7 Å². The number of rotatable bonds is 2. The third-order valence-electron chi connectivity index (χ3n) is 1.90. The number of nitrogens with zero attached hydrogens (tertiary/aromatic N) is 2. The van der Waals surface area contributed by atoms with Gasteiger partial charge in [0, 0.05) is 51.8 Å². The van der Waals surface area contributed by atoms with Gasteiger partial charge in [0.05, 0.1) is 12.6 Å². The highest BCUT2D eigenvalue weighted by Gasteiger charge is 2.15. The summed E-state index contributed by atoms with van der Waals surface area (Å²) in [6, 6.07) is 3.96. The molecule has 0 spiro atoms. The van der Waals surface area contributed by atoms with Crippen LogP contribution in [0.15, 0.2) is 22.7 Å². The van der Waals surface area contributed by atoms with Crippen LogP contribution in [-0.4, -0.2) is 45.0 Å². The first-order chi connectivity index (χ1) is 11.9. The highest BCUT2D eigenvalue weighted by atomic mass is 79.9. The molecule has 1 heterocycles. The van der Waals surface area contributed by atoms with Crippen LogP contribution in [0.25, 0.3) is 0 Å². The van der Waals surface area contributed by atoms with Crippen molar-refractivity contribution < 1.29 is 19.8 Å². The summed E-state index contributed by atoms with van der Waals surface area (Å²) in [5.74, 6) is 0.186. The van der Waals surface area contributed by atoms with E-state index in [2.05, 4.69) is 15.9 Å². The van der Waals surface area contributed by atoms with Crippen LogP contribution in [0.3, 0.4) is 0 Å². The lowest BCUT2D eigenvalue weighted by Gasteiger charge is -2.34. The first-order valence-corrected chi connectivity index (χ1v) is 5.17. The Morgan fingerprint density at radius 2 is 2.06 bits per heavy atom. The number of ether oxygens (including phenoxy) is 1. The third-order valence-corrected chi connectivity index (χ3v) is 2.36. The predicted octanol–water partition coefficient (Wildman–Crippen LogP) is 2.21. The average molecular weight is 296 g/mol. The summed E-state index contributed by atoms with van der Waals surface area (Å²) in [4.78, 5) is -0.0891. The SMILES string of the molecule is [2H]C([2H])([2H])N1C([2H])([2H])C([2H])([2H])N(c2cc(Br)cc(OC)c2)C([2H])([2H])C1([2H])[2H]. The molecule has 3 nitrogen and oxygen atoms in total. The maximum Gasteiger partial charge on any atom is 0.122 e. The Kier molecular flexibility index (Phi) is 1.32. The van der Waals surface area contributed by atoms with E-state index in [4.69, 9.17) is 19.8 Å². The van der Waals surface area contributed by atoms with Crippen molar-refractivity contribution in [2.75, 3.05) is 45.0 Å².